The van der Waals surface area contributed by atoms with Gasteiger partial charge in [-0.2, -0.15) is 0 Å². The van der Waals surface area contributed by atoms with Gasteiger partial charge >= 0.3 is 0 Å². The largest absolute Gasteiger partial charge is 0.265 e. The third-order valence-electron chi connectivity index (χ3n) is 1.41. The van der Waals surface area contributed by atoms with Crippen LogP contribution in [-0.4, -0.2) is 16.3 Å². The van der Waals surface area contributed by atoms with Crippen LogP contribution >= 0.6 is 11.8 Å². The molecule has 1 aromatic heterocycles. The lowest BCUT2D eigenvalue weighted by Gasteiger charge is -2.01. The number of thioether (sulfide) groups is 1. The first-order chi connectivity index (χ1) is 6.24. The Balaban J connectivity index is 2.98. The number of allylic oxidation sites excluding steroid dienone is 1. The minimum absolute atomic E-state index is 0.821. The zero-order valence-corrected chi connectivity index (χ0v) is 8.64. The maximum atomic E-state index is 4.32. The predicted octanol–water partition coefficient (Wildman–Crippen LogP) is 2.72. The van der Waals surface area contributed by atoms with Gasteiger partial charge in [0.15, 0.2) is 0 Å². The molecule has 3 heteroatoms. The Morgan fingerprint density at radius 3 is 2.54 bits per heavy atom. The molecule has 0 unspecified atom stereocenters. The van der Waals surface area contributed by atoms with Crippen molar-refractivity contribution in [2.45, 2.75) is 6.92 Å². The van der Waals surface area contributed by atoms with Crippen LogP contribution in [0.15, 0.2) is 41.8 Å². The summed E-state index contributed by atoms with van der Waals surface area (Å²) in [5.41, 5.74) is 1.91. The first-order valence-electron chi connectivity index (χ1n) is 3.92. The van der Waals surface area contributed by atoms with Crippen LogP contribution in [-0.2, 0) is 0 Å². The van der Waals surface area contributed by atoms with Crippen molar-refractivity contribution in [3.8, 4) is 0 Å². The highest BCUT2D eigenvalue weighted by atomic mass is 32.2. The summed E-state index contributed by atoms with van der Waals surface area (Å²) in [4.78, 5) is 8.28. The van der Waals surface area contributed by atoms with Gasteiger partial charge in [-0.25, -0.2) is 4.99 Å². The fourth-order valence-corrected chi connectivity index (χ4v) is 1.51. The molecular weight excluding hydrogens is 180 g/mol. The molecule has 1 heterocycles. The Hall–Kier alpha value is -1.09. The molecular formula is C10H12N2S. The van der Waals surface area contributed by atoms with Crippen molar-refractivity contribution in [2.24, 2.45) is 4.99 Å². The van der Waals surface area contributed by atoms with E-state index in [0.29, 0.717) is 0 Å². The van der Waals surface area contributed by atoms with Crippen LogP contribution in [0.1, 0.15) is 12.5 Å². The summed E-state index contributed by atoms with van der Waals surface area (Å²) < 4.78 is 0. The molecule has 0 radical (unpaired) electrons. The third kappa shape index (κ3) is 3.03. The Labute approximate surface area is 82.8 Å². The van der Waals surface area contributed by atoms with Gasteiger partial charge in [-0.1, -0.05) is 6.58 Å². The number of pyridine rings is 1. The Morgan fingerprint density at radius 2 is 2.08 bits per heavy atom. The molecule has 1 aromatic rings. The average Bonchev–Trinajstić information content (AvgIpc) is 2.15. The molecule has 0 N–H and O–H groups in total. The highest BCUT2D eigenvalue weighted by Crippen LogP contribution is 2.11. The van der Waals surface area contributed by atoms with Gasteiger partial charge in [0.05, 0.1) is 0 Å². The first-order valence-corrected chi connectivity index (χ1v) is 5.15. The maximum Gasteiger partial charge on any atom is 0.103 e. The summed E-state index contributed by atoms with van der Waals surface area (Å²) in [5.74, 6) is 0. The number of aromatic nitrogens is 1. The Bertz CT molecular complexity index is 317. The average molecular weight is 192 g/mol. The van der Waals surface area contributed by atoms with E-state index in [0.717, 1.165) is 16.3 Å². The fourth-order valence-electron chi connectivity index (χ4n) is 0.896. The van der Waals surface area contributed by atoms with E-state index in [1.165, 1.54) is 0 Å². The maximum absolute atomic E-state index is 4.32. The number of rotatable bonds is 2. The smallest absolute Gasteiger partial charge is 0.103 e. The topological polar surface area (TPSA) is 25.2 Å². The molecule has 0 atom stereocenters. The lowest BCUT2D eigenvalue weighted by molar-refractivity contribution is 1.31. The molecule has 2 nitrogen and oxygen atoms in total. The second-order valence-electron chi connectivity index (χ2n) is 2.59. The van der Waals surface area contributed by atoms with Crippen LogP contribution in [0.25, 0.3) is 0 Å². The fraction of sp³-hybridized carbons (Fsp3) is 0.200. The van der Waals surface area contributed by atoms with E-state index in [2.05, 4.69) is 16.6 Å². The van der Waals surface area contributed by atoms with Gasteiger partial charge in [0, 0.05) is 23.7 Å². The SMILES string of the molecule is C=C(C)N=C(SC)c1ccncc1. The summed E-state index contributed by atoms with van der Waals surface area (Å²) in [7, 11) is 0. The van der Waals surface area contributed by atoms with Gasteiger partial charge in [-0.15, -0.1) is 11.8 Å². The minimum atomic E-state index is 0.821. The zero-order chi connectivity index (χ0) is 9.68. The molecule has 0 saturated carbocycles. The van der Waals surface area contributed by atoms with E-state index in [-0.39, 0.29) is 0 Å². The number of hydrogen-bond donors (Lipinski definition) is 0. The summed E-state index contributed by atoms with van der Waals surface area (Å²) in [6, 6.07) is 3.89. The van der Waals surface area contributed by atoms with Crippen LogP contribution in [0.3, 0.4) is 0 Å². The molecule has 1 rings (SSSR count). The highest BCUT2D eigenvalue weighted by molar-refractivity contribution is 8.13. The molecule has 0 bridgehead atoms. The van der Waals surface area contributed by atoms with E-state index >= 15 is 0 Å². The van der Waals surface area contributed by atoms with E-state index in [1.54, 1.807) is 24.2 Å². The lowest BCUT2D eigenvalue weighted by atomic mass is 10.3. The molecule has 68 valence electrons. The summed E-state index contributed by atoms with van der Waals surface area (Å²) >= 11 is 1.61. The van der Waals surface area contributed by atoms with Crippen molar-refractivity contribution >= 4 is 16.8 Å². The van der Waals surface area contributed by atoms with Crippen LogP contribution in [0.2, 0.25) is 0 Å². The summed E-state index contributed by atoms with van der Waals surface area (Å²) in [6.45, 7) is 5.64. The van der Waals surface area contributed by atoms with Crippen molar-refractivity contribution < 1.29 is 0 Å². The lowest BCUT2D eigenvalue weighted by Crippen LogP contribution is -1.94. The molecule has 0 aliphatic rings. The molecule has 0 amide bonds. The van der Waals surface area contributed by atoms with Crippen LogP contribution in [0, 0.1) is 0 Å². The number of aliphatic imine (C=N–C) groups is 1. The van der Waals surface area contributed by atoms with Crippen molar-refractivity contribution in [1.82, 2.24) is 4.98 Å². The van der Waals surface area contributed by atoms with Crippen LogP contribution in [0.4, 0.5) is 0 Å². The molecule has 0 spiro atoms. The van der Waals surface area contributed by atoms with E-state index < -0.39 is 0 Å². The van der Waals surface area contributed by atoms with Crippen molar-refractivity contribution in [2.75, 3.05) is 6.26 Å². The normalized spacial score (nSPS) is 11.4. The Morgan fingerprint density at radius 1 is 1.46 bits per heavy atom. The van der Waals surface area contributed by atoms with E-state index in [9.17, 15) is 0 Å². The Kier molecular flexibility index (Phi) is 3.71. The second-order valence-corrected chi connectivity index (χ2v) is 3.39. The van der Waals surface area contributed by atoms with Crippen molar-refractivity contribution in [3.05, 3.63) is 42.4 Å². The number of hydrogen-bond acceptors (Lipinski definition) is 3. The third-order valence-corrected chi connectivity index (χ3v) is 2.13. The molecule has 0 saturated heterocycles. The van der Waals surface area contributed by atoms with Gasteiger partial charge in [0.25, 0.3) is 0 Å². The summed E-state index contributed by atoms with van der Waals surface area (Å²) in [6.07, 6.45) is 5.53. The molecule has 0 aromatic carbocycles. The van der Waals surface area contributed by atoms with Gasteiger partial charge in [-0.05, 0) is 25.3 Å². The van der Waals surface area contributed by atoms with Crippen molar-refractivity contribution in [3.63, 3.8) is 0 Å². The van der Waals surface area contributed by atoms with E-state index in [4.69, 9.17) is 0 Å². The second kappa shape index (κ2) is 4.82. The number of nitrogens with zero attached hydrogens (tertiary/aromatic N) is 2. The van der Waals surface area contributed by atoms with Gasteiger partial charge in [-0.3, -0.25) is 4.98 Å². The van der Waals surface area contributed by atoms with Crippen LogP contribution in [0.5, 0.6) is 0 Å². The minimum Gasteiger partial charge on any atom is -0.265 e. The van der Waals surface area contributed by atoms with Gasteiger partial charge in [0.1, 0.15) is 5.04 Å². The standard InChI is InChI=1S/C10H12N2S/c1-8(2)12-10(13-3)9-4-6-11-7-5-9/h4-7H,1H2,2-3H3. The van der Waals surface area contributed by atoms with E-state index in [1.807, 2.05) is 25.3 Å². The van der Waals surface area contributed by atoms with Gasteiger partial charge < -0.3 is 0 Å². The molecule has 0 aliphatic carbocycles. The predicted molar refractivity (Wildman–Crippen MR) is 59.1 cm³/mol. The quantitative estimate of drug-likeness (QED) is 0.531. The highest BCUT2D eigenvalue weighted by Gasteiger charge is 1.99. The zero-order valence-electron chi connectivity index (χ0n) is 7.82. The molecule has 0 fully saturated rings. The first kappa shape index (κ1) is 9.99. The molecule has 13 heavy (non-hydrogen) atoms. The monoisotopic (exact) mass is 192 g/mol. The van der Waals surface area contributed by atoms with Crippen molar-refractivity contribution in [1.29, 1.82) is 0 Å². The van der Waals surface area contributed by atoms with Gasteiger partial charge in [0.2, 0.25) is 0 Å². The van der Waals surface area contributed by atoms with Crippen LogP contribution < -0.4 is 0 Å². The summed E-state index contributed by atoms with van der Waals surface area (Å²) in [5, 5.41) is 0.981. The molecule has 0 aliphatic heterocycles.